The number of sulfonamides is 1. The number of amides is 1. The molecule has 3 aromatic rings. The number of halogens is 1. The summed E-state index contributed by atoms with van der Waals surface area (Å²) in [6, 6.07) is 17.6. The van der Waals surface area contributed by atoms with Crippen molar-refractivity contribution in [1.29, 1.82) is 0 Å². The fraction of sp³-hybridized carbons (Fsp3) is 0.125. The molecular weight excluding hydrogens is 492 g/mol. The fourth-order valence-electron chi connectivity index (χ4n) is 3.00. The van der Waals surface area contributed by atoms with Gasteiger partial charge in [0.05, 0.1) is 34.1 Å². The minimum Gasteiger partial charge on any atom is -0.510 e. The minimum atomic E-state index is -4.00. The van der Waals surface area contributed by atoms with Gasteiger partial charge >= 0.3 is 0 Å². The number of carbonyl (C=O) groups is 1. The second-order valence-electron chi connectivity index (χ2n) is 7.32. The van der Waals surface area contributed by atoms with E-state index < -0.39 is 15.9 Å². The van der Waals surface area contributed by atoms with E-state index in [2.05, 4.69) is 20.3 Å². The summed E-state index contributed by atoms with van der Waals surface area (Å²) in [5.74, 6) is -0.674. The van der Waals surface area contributed by atoms with E-state index in [4.69, 9.17) is 16.3 Å². The molecule has 0 aliphatic rings. The van der Waals surface area contributed by atoms with Crippen LogP contribution in [0.4, 0.5) is 17.1 Å². The number of para-hydroxylation sites is 3. The van der Waals surface area contributed by atoms with E-state index in [0.717, 1.165) is 0 Å². The Bertz CT molecular complexity index is 1420. The second-order valence-corrected chi connectivity index (χ2v) is 9.38. The van der Waals surface area contributed by atoms with Crippen molar-refractivity contribution in [2.24, 2.45) is 10.2 Å². The second kappa shape index (κ2) is 11.0. The van der Waals surface area contributed by atoms with Crippen molar-refractivity contribution < 1.29 is 23.1 Å². The van der Waals surface area contributed by atoms with Crippen LogP contribution in [0.3, 0.4) is 0 Å². The standard InChI is InChI=1S/C24H23ClN4O5S/c1-15-12-13-17(14-22(15)35(32,33)29-19-9-5-4-8-18(19)25)27-28-23(16(2)30)24(31)26-20-10-6-7-11-21(20)34-3/h4-14,29-30H,1-3H3,(H,26,31). The topological polar surface area (TPSA) is 129 Å². The first kappa shape index (κ1) is 25.7. The van der Waals surface area contributed by atoms with Gasteiger partial charge in [0.1, 0.15) is 11.5 Å². The Labute approximate surface area is 208 Å². The summed E-state index contributed by atoms with van der Waals surface area (Å²) in [5.41, 5.74) is 0.874. The summed E-state index contributed by atoms with van der Waals surface area (Å²) in [6.45, 7) is 2.92. The predicted octanol–water partition coefficient (Wildman–Crippen LogP) is 5.97. The zero-order chi connectivity index (χ0) is 25.6. The highest BCUT2D eigenvalue weighted by Crippen LogP contribution is 2.28. The molecule has 3 aromatic carbocycles. The van der Waals surface area contributed by atoms with Crippen molar-refractivity contribution in [2.45, 2.75) is 18.7 Å². The Hall–Kier alpha value is -3.89. The lowest BCUT2D eigenvalue weighted by atomic mass is 10.2. The maximum atomic E-state index is 13.0. The number of allylic oxidation sites excluding steroid dienone is 1. The van der Waals surface area contributed by atoms with Gasteiger partial charge in [0.15, 0.2) is 5.70 Å². The van der Waals surface area contributed by atoms with E-state index in [1.54, 1.807) is 61.5 Å². The summed E-state index contributed by atoms with van der Waals surface area (Å²) in [7, 11) is -2.54. The fourth-order valence-corrected chi connectivity index (χ4v) is 4.59. The van der Waals surface area contributed by atoms with E-state index in [1.807, 2.05) is 0 Å². The average Bonchev–Trinajstić information content (AvgIpc) is 2.81. The first-order chi connectivity index (χ1) is 16.6. The van der Waals surface area contributed by atoms with Crippen LogP contribution >= 0.6 is 11.6 Å². The Morgan fingerprint density at radius 3 is 2.34 bits per heavy atom. The number of aryl methyl sites for hydroxylation is 1. The van der Waals surface area contributed by atoms with Crippen molar-refractivity contribution in [3.63, 3.8) is 0 Å². The molecule has 0 spiro atoms. The van der Waals surface area contributed by atoms with Crippen LogP contribution in [0.25, 0.3) is 0 Å². The number of methoxy groups -OCH3 is 1. The molecule has 3 rings (SSSR count). The van der Waals surface area contributed by atoms with Gasteiger partial charge in [-0.1, -0.05) is 41.9 Å². The molecule has 0 saturated heterocycles. The van der Waals surface area contributed by atoms with Gasteiger partial charge in [-0.3, -0.25) is 9.52 Å². The van der Waals surface area contributed by atoms with Crippen LogP contribution < -0.4 is 14.8 Å². The Morgan fingerprint density at radius 1 is 1.03 bits per heavy atom. The molecular formula is C24H23ClN4O5S. The van der Waals surface area contributed by atoms with Crippen LogP contribution in [-0.2, 0) is 14.8 Å². The van der Waals surface area contributed by atoms with Gasteiger partial charge in [0.2, 0.25) is 0 Å². The van der Waals surface area contributed by atoms with Gasteiger partial charge in [-0.25, -0.2) is 8.42 Å². The molecule has 3 N–H and O–H groups in total. The minimum absolute atomic E-state index is 0.0430. The molecule has 1 amide bonds. The third-order valence-electron chi connectivity index (χ3n) is 4.76. The highest BCUT2D eigenvalue weighted by atomic mass is 35.5. The molecule has 0 aliphatic carbocycles. The number of ether oxygens (including phenoxy) is 1. The lowest BCUT2D eigenvalue weighted by molar-refractivity contribution is -0.113. The summed E-state index contributed by atoms with van der Waals surface area (Å²) >= 11 is 6.07. The number of hydrogen-bond donors (Lipinski definition) is 3. The molecule has 0 fully saturated rings. The van der Waals surface area contributed by atoms with E-state index >= 15 is 0 Å². The first-order valence-corrected chi connectivity index (χ1v) is 12.1. The number of carbonyl (C=O) groups excluding carboxylic acids is 1. The van der Waals surface area contributed by atoms with Gasteiger partial charge in [-0.2, -0.15) is 5.11 Å². The number of aliphatic hydroxyl groups is 1. The number of rotatable bonds is 8. The maximum absolute atomic E-state index is 13.0. The zero-order valence-corrected chi connectivity index (χ0v) is 20.7. The maximum Gasteiger partial charge on any atom is 0.279 e. The Kier molecular flexibility index (Phi) is 8.10. The average molecular weight is 515 g/mol. The summed E-state index contributed by atoms with van der Waals surface area (Å²) < 4.78 is 33.6. The third kappa shape index (κ3) is 6.37. The van der Waals surface area contributed by atoms with Gasteiger partial charge < -0.3 is 15.2 Å². The van der Waals surface area contributed by atoms with Gasteiger partial charge in [-0.15, -0.1) is 5.11 Å². The van der Waals surface area contributed by atoms with Crippen LogP contribution in [0, 0.1) is 6.92 Å². The normalized spacial score (nSPS) is 12.2. The number of nitrogens with zero attached hydrogens (tertiary/aromatic N) is 2. The Balaban J connectivity index is 1.87. The van der Waals surface area contributed by atoms with Crippen LogP contribution in [0.1, 0.15) is 12.5 Å². The predicted molar refractivity (Wildman–Crippen MR) is 135 cm³/mol. The number of azo groups is 1. The van der Waals surface area contributed by atoms with Gasteiger partial charge in [0, 0.05) is 0 Å². The zero-order valence-electron chi connectivity index (χ0n) is 19.1. The van der Waals surface area contributed by atoms with Gasteiger partial charge in [-0.05, 0) is 55.8 Å². The van der Waals surface area contributed by atoms with E-state index in [9.17, 15) is 18.3 Å². The van der Waals surface area contributed by atoms with Crippen LogP contribution in [0.2, 0.25) is 5.02 Å². The van der Waals surface area contributed by atoms with Gasteiger partial charge in [0.25, 0.3) is 15.9 Å². The van der Waals surface area contributed by atoms with E-state index in [-0.39, 0.29) is 32.7 Å². The molecule has 182 valence electrons. The van der Waals surface area contributed by atoms with E-state index in [0.29, 0.717) is 17.0 Å². The number of hydrogen-bond acceptors (Lipinski definition) is 7. The van der Waals surface area contributed by atoms with Crippen LogP contribution in [0.5, 0.6) is 5.75 Å². The monoisotopic (exact) mass is 514 g/mol. The molecule has 0 aromatic heterocycles. The first-order valence-electron chi connectivity index (χ1n) is 10.3. The number of benzene rings is 3. The number of nitrogens with one attached hydrogen (secondary N) is 2. The molecule has 0 unspecified atom stereocenters. The van der Waals surface area contributed by atoms with Crippen molar-refractivity contribution >= 4 is 44.6 Å². The smallest absolute Gasteiger partial charge is 0.279 e. The van der Waals surface area contributed by atoms with Crippen LogP contribution in [-0.4, -0.2) is 26.5 Å². The van der Waals surface area contributed by atoms with Crippen molar-refractivity contribution in [3.05, 3.63) is 88.8 Å². The Morgan fingerprint density at radius 2 is 1.69 bits per heavy atom. The molecule has 0 radical (unpaired) electrons. The summed E-state index contributed by atoms with van der Waals surface area (Å²) in [4.78, 5) is 12.7. The third-order valence-corrected chi connectivity index (χ3v) is 6.59. The SMILES string of the molecule is COc1ccccc1NC(=O)C(N=Nc1ccc(C)c(S(=O)(=O)Nc2ccccc2Cl)c1)=C(C)O. The molecule has 0 aliphatic heterocycles. The molecule has 0 heterocycles. The highest BCUT2D eigenvalue weighted by Gasteiger charge is 2.20. The van der Waals surface area contributed by atoms with E-state index in [1.165, 1.54) is 26.2 Å². The molecule has 0 atom stereocenters. The lowest BCUT2D eigenvalue weighted by Crippen LogP contribution is -2.15. The molecule has 0 bridgehead atoms. The van der Waals surface area contributed by atoms with Crippen molar-refractivity contribution in [3.8, 4) is 5.75 Å². The van der Waals surface area contributed by atoms with Crippen molar-refractivity contribution in [1.82, 2.24) is 0 Å². The molecule has 0 saturated carbocycles. The number of aliphatic hydroxyl groups excluding tert-OH is 1. The quantitative estimate of drug-likeness (QED) is 0.194. The largest absolute Gasteiger partial charge is 0.510 e. The van der Waals surface area contributed by atoms with Crippen molar-refractivity contribution in [2.75, 3.05) is 17.1 Å². The molecule has 11 heteroatoms. The summed E-state index contributed by atoms with van der Waals surface area (Å²) in [5, 5.41) is 20.7. The lowest BCUT2D eigenvalue weighted by Gasteiger charge is -2.12. The summed E-state index contributed by atoms with van der Waals surface area (Å²) in [6.07, 6.45) is 0. The van der Waals surface area contributed by atoms with Crippen LogP contribution in [0.15, 0.2) is 93.3 Å². The molecule has 35 heavy (non-hydrogen) atoms. The highest BCUT2D eigenvalue weighted by molar-refractivity contribution is 7.92. The number of anilines is 2. The molecule has 9 nitrogen and oxygen atoms in total.